The Morgan fingerprint density at radius 3 is 2.71 bits per heavy atom. The SMILES string of the molecule is CCNc1cc(NC2CCc3ccccc3C2)nc(C)n1. The normalized spacial score (nSPS) is 17.1. The third-order valence-electron chi connectivity index (χ3n) is 3.89. The monoisotopic (exact) mass is 282 g/mol. The molecule has 0 bridgehead atoms. The highest BCUT2D eigenvalue weighted by Crippen LogP contribution is 2.23. The maximum absolute atomic E-state index is 4.50. The van der Waals surface area contributed by atoms with Gasteiger partial charge in [0.25, 0.3) is 0 Å². The zero-order valence-corrected chi connectivity index (χ0v) is 12.7. The molecule has 0 saturated heterocycles. The lowest BCUT2D eigenvalue weighted by Crippen LogP contribution is -2.28. The minimum absolute atomic E-state index is 0.448. The highest BCUT2D eigenvalue weighted by Gasteiger charge is 2.18. The minimum atomic E-state index is 0.448. The van der Waals surface area contributed by atoms with Crippen LogP contribution >= 0.6 is 0 Å². The van der Waals surface area contributed by atoms with Gasteiger partial charge < -0.3 is 10.6 Å². The van der Waals surface area contributed by atoms with E-state index in [0.717, 1.165) is 43.3 Å². The van der Waals surface area contributed by atoms with Gasteiger partial charge in [-0.2, -0.15) is 0 Å². The molecule has 1 aliphatic carbocycles. The number of rotatable bonds is 4. The second kappa shape index (κ2) is 6.12. The van der Waals surface area contributed by atoms with Gasteiger partial charge in [-0.05, 0) is 44.2 Å². The molecule has 1 atom stereocenters. The number of hydrogen-bond donors (Lipinski definition) is 2. The van der Waals surface area contributed by atoms with Crippen molar-refractivity contribution in [3.63, 3.8) is 0 Å². The van der Waals surface area contributed by atoms with Gasteiger partial charge in [-0.1, -0.05) is 24.3 Å². The van der Waals surface area contributed by atoms with Crippen molar-refractivity contribution in [3.8, 4) is 0 Å². The van der Waals surface area contributed by atoms with Gasteiger partial charge >= 0.3 is 0 Å². The molecule has 21 heavy (non-hydrogen) atoms. The predicted molar refractivity (Wildman–Crippen MR) is 86.8 cm³/mol. The van der Waals surface area contributed by atoms with Gasteiger partial charge in [-0.15, -0.1) is 0 Å². The van der Waals surface area contributed by atoms with E-state index in [-0.39, 0.29) is 0 Å². The van der Waals surface area contributed by atoms with Crippen molar-refractivity contribution >= 4 is 11.6 Å². The summed E-state index contributed by atoms with van der Waals surface area (Å²) in [4.78, 5) is 8.89. The molecule has 0 spiro atoms. The van der Waals surface area contributed by atoms with Crippen LogP contribution in [-0.2, 0) is 12.8 Å². The Bertz CT molecular complexity index is 624. The van der Waals surface area contributed by atoms with E-state index in [1.165, 1.54) is 11.1 Å². The number of aryl methyl sites for hydroxylation is 2. The van der Waals surface area contributed by atoms with E-state index in [2.05, 4.69) is 51.8 Å². The Kier molecular flexibility index (Phi) is 4.04. The fraction of sp³-hybridized carbons (Fsp3) is 0.412. The molecule has 0 amide bonds. The van der Waals surface area contributed by atoms with Gasteiger partial charge in [0, 0.05) is 18.7 Å². The summed E-state index contributed by atoms with van der Waals surface area (Å²) in [5, 5.41) is 6.82. The average Bonchev–Trinajstić information content (AvgIpc) is 2.47. The average molecular weight is 282 g/mol. The number of fused-ring (bicyclic) bond motifs is 1. The van der Waals surface area contributed by atoms with Crippen LogP contribution in [0, 0.1) is 6.92 Å². The molecule has 1 aliphatic rings. The van der Waals surface area contributed by atoms with E-state index < -0.39 is 0 Å². The van der Waals surface area contributed by atoms with E-state index in [1.54, 1.807) is 0 Å². The molecule has 0 saturated carbocycles. The zero-order chi connectivity index (χ0) is 14.7. The van der Waals surface area contributed by atoms with Crippen LogP contribution in [0.3, 0.4) is 0 Å². The van der Waals surface area contributed by atoms with Gasteiger partial charge in [0.05, 0.1) is 0 Å². The molecule has 0 fully saturated rings. The predicted octanol–water partition coefficient (Wildman–Crippen LogP) is 3.19. The van der Waals surface area contributed by atoms with Crippen LogP contribution < -0.4 is 10.6 Å². The lowest BCUT2D eigenvalue weighted by Gasteiger charge is -2.26. The third kappa shape index (κ3) is 3.32. The first-order valence-corrected chi connectivity index (χ1v) is 7.67. The second-order valence-corrected chi connectivity index (χ2v) is 5.57. The Balaban J connectivity index is 1.73. The Hall–Kier alpha value is -2.10. The van der Waals surface area contributed by atoms with Crippen LogP contribution in [0.1, 0.15) is 30.3 Å². The van der Waals surface area contributed by atoms with Crippen LogP contribution in [-0.4, -0.2) is 22.6 Å². The molecule has 1 aromatic carbocycles. The highest BCUT2D eigenvalue weighted by molar-refractivity contribution is 5.48. The van der Waals surface area contributed by atoms with Crippen molar-refractivity contribution in [2.45, 2.75) is 39.2 Å². The van der Waals surface area contributed by atoms with E-state index >= 15 is 0 Å². The topological polar surface area (TPSA) is 49.8 Å². The summed E-state index contributed by atoms with van der Waals surface area (Å²) in [5.74, 6) is 2.61. The summed E-state index contributed by atoms with van der Waals surface area (Å²) in [6.07, 6.45) is 3.35. The molecule has 2 aromatic rings. The number of aromatic nitrogens is 2. The lowest BCUT2D eigenvalue weighted by molar-refractivity contribution is 0.608. The molecule has 3 rings (SSSR count). The minimum Gasteiger partial charge on any atom is -0.370 e. The summed E-state index contributed by atoms with van der Waals surface area (Å²) in [6.45, 7) is 4.87. The number of nitrogens with one attached hydrogen (secondary N) is 2. The number of anilines is 2. The molecule has 1 aromatic heterocycles. The Labute approximate surface area is 126 Å². The van der Waals surface area contributed by atoms with E-state index in [0.29, 0.717) is 6.04 Å². The van der Waals surface area contributed by atoms with Crippen LogP contribution in [0.5, 0.6) is 0 Å². The third-order valence-corrected chi connectivity index (χ3v) is 3.89. The molecule has 0 aliphatic heterocycles. The summed E-state index contributed by atoms with van der Waals surface area (Å²) in [6, 6.07) is 11.2. The summed E-state index contributed by atoms with van der Waals surface area (Å²) >= 11 is 0. The van der Waals surface area contributed by atoms with Crippen molar-refractivity contribution in [2.24, 2.45) is 0 Å². The molecule has 4 heteroatoms. The fourth-order valence-electron chi connectivity index (χ4n) is 2.94. The van der Waals surface area contributed by atoms with Crippen molar-refractivity contribution in [1.82, 2.24) is 9.97 Å². The first-order valence-electron chi connectivity index (χ1n) is 7.67. The number of benzene rings is 1. The maximum Gasteiger partial charge on any atom is 0.132 e. The van der Waals surface area contributed by atoms with Gasteiger partial charge in [-0.3, -0.25) is 0 Å². The maximum atomic E-state index is 4.50. The van der Waals surface area contributed by atoms with E-state index in [4.69, 9.17) is 0 Å². The van der Waals surface area contributed by atoms with Gasteiger partial charge in [-0.25, -0.2) is 9.97 Å². The Morgan fingerprint density at radius 1 is 1.14 bits per heavy atom. The Morgan fingerprint density at radius 2 is 1.90 bits per heavy atom. The van der Waals surface area contributed by atoms with Crippen LogP contribution in [0.2, 0.25) is 0 Å². The molecule has 2 N–H and O–H groups in total. The molecule has 110 valence electrons. The molecule has 4 nitrogen and oxygen atoms in total. The summed E-state index contributed by atoms with van der Waals surface area (Å²) in [7, 11) is 0. The smallest absolute Gasteiger partial charge is 0.132 e. The lowest BCUT2D eigenvalue weighted by atomic mass is 9.88. The van der Waals surface area contributed by atoms with E-state index in [9.17, 15) is 0 Å². The standard InChI is InChI=1S/C17H22N4/c1-3-18-16-11-17(20-12(2)19-16)21-15-9-8-13-6-4-5-7-14(13)10-15/h4-7,11,15H,3,8-10H2,1-2H3,(H2,18,19,20,21). The van der Waals surface area contributed by atoms with Gasteiger partial charge in [0.2, 0.25) is 0 Å². The number of nitrogens with zero attached hydrogens (tertiary/aromatic N) is 2. The zero-order valence-electron chi connectivity index (χ0n) is 12.7. The molecule has 1 unspecified atom stereocenters. The largest absolute Gasteiger partial charge is 0.370 e. The van der Waals surface area contributed by atoms with Gasteiger partial charge in [0.1, 0.15) is 17.5 Å². The number of hydrogen-bond acceptors (Lipinski definition) is 4. The highest BCUT2D eigenvalue weighted by atomic mass is 15.1. The first-order chi connectivity index (χ1) is 10.2. The van der Waals surface area contributed by atoms with Crippen molar-refractivity contribution < 1.29 is 0 Å². The van der Waals surface area contributed by atoms with Crippen LogP contribution in [0.4, 0.5) is 11.6 Å². The van der Waals surface area contributed by atoms with Crippen LogP contribution in [0.15, 0.2) is 30.3 Å². The fourth-order valence-corrected chi connectivity index (χ4v) is 2.94. The summed E-state index contributed by atoms with van der Waals surface area (Å²) in [5.41, 5.74) is 2.95. The van der Waals surface area contributed by atoms with Crippen molar-refractivity contribution in [1.29, 1.82) is 0 Å². The first kappa shape index (κ1) is 13.9. The van der Waals surface area contributed by atoms with E-state index in [1.807, 2.05) is 13.0 Å². The molecular formula is C17H22N4. The quantitative estimate of drug-likeness (QED) is 0.904. The molecular weight excluding hydrogens is 260 g/mol. The second-order valence-electron chi connectivity index (χ2n) is 5.57. The molecule has 1 heterocycles. The van der Waals surface area contributed by atoms with Crippen molar-refractivity contribution in [2.75, 3.05) is 17.2 Å². The molecule has 0 radical (unpaired) electrons. The van der Waals surface area contributed by atoms with Crippen LogP contribution in [0.25, 0.3) is 0 Å². The van der Waals surface area contributed by atoms with Gasteiger partial charge in [0.15, 0.2) is 0 Å². The summed E-state index contributed by atoms with van der Waals surface area (Å²) < 4.78 is 0. The van der Waals surface area contributed by atoms with Crippen molar-refractivity contribution in [3.05, 3.63) is 47.3 Å².